The molecule has 0 unspecified atom stereocenters. The molecule has 0 saturated heterocycles. The smallest absolute Gasteiger partial charge is 0.0212 e. The molecule has 0 bridgehead atoms. The molecule has 0 aromatic carbocycles. The van der Waals surface area contributed by atoms with Crippen molar-refractivity contribution in [2.45, 2.75) is 13.8 Å². The Labute approximate surface area is 55.6 Å². The van der Waals surface area contributed by atoms with E-state index in [1.807, 2.05) is 13.8 Å². The van der Waals surface area contributed by atoms with E-state index in [-0.39, 0.29) is 0 Å². The van der Waals surface area contributed by atoms with E-state index in [2.05, 4.69) is 0 Å². The van der Waals surface area contributed by atoms with E-state index in [0.717, 1.165) is 5.57 Å². The molecule has 0 heterocycles. The highest BCUT2D eigenvalue weighted by Gasteiger charge is 1.95. The third kappa shape index (κ3) is 2.80. The molecule has 0 aliphatic rings. The summed E-state index contributed by atoms with van der Waals surface area (Å²) in [6.07, 6.45) is 4.13. The Morgan fingerprint density at radius 3 is 2.00 bits per heavy atom. The van der Waals surface area contributed by atoms with Gasteiger partial charge in [0, 0.05) is 12.4 Å². The van der Waals surface area contributed by atoms with Crippen molar-refractivity contribution in [1.82, 2.24) is 0 Å². The van der Waals surface area contributed by atoms with Gasteiger partial charge in [-0.05, 0) is 17.6 Å². The molecule has 0 radical (unpaired) electrons. The van der Waals surface area contributed by atoms with Gasteiger partial charge in [0.25, 0.3) is 0 Å². The predicted octanol–water partition coefficient (Wildman–Crippen LogP) is 1.87. The summed E-state index contributed by atoms with van der Waals surface area (Å²) in [4.78, 5) is 0. The largest absolute Gasteiger partial charge is 0.309 e. The number of allylic oxidation sites excluding steroid dienone is 2. The fraction of sp³-hybridized carbons (Fsp3) is 0.429. The molecule has 0 rings (SSSR count). The van der Waals surface area contributed by atoms with Crippen molar-refractivity contribution in [3.8, 4) is 0 Å². The standard InChI is InChI=1S/C7H12N2/c1-6(2)7(5-9)3-4-8/h3-6,8-9H,1-2H3/b7-3+,8-4?,9-5?. The lowest BCUT2D eigenvalue weighted by Gasteiger charge is -2.01. The van der Waals surface area contributed by atoms with Crippen LogP contribution in [0.1, 0.15) is 13.8 Å². The molecule has 9 heavy (non-hydrogen) atoms. The summed E-state index contributed by atoms with van der Waals surface area (Å²) < 4.78 is 0. The second-order valence-corrected chi connectivity index (χ2v) is 2.13. The fourth-order valence-electron chi connectivity index (χ4n) is 0.503. The molecule has 0 aromatic rings. The Balaban J connectivity index is 4.13. The average Bonchev–Trinajstić information content (AvgIpc) is 1.82. The van der Waals surface area contributed by atoms with Crippen LogP contribution in [0.25, 0.3) is 0 Å². The highest BCUT2D eigenvalue weighted by molar-refractivity contribution is 5.84. The Kier molecular flexibility index (Phi) is 3.60. The van der Waals surface area contributed by atoms with Crippen molar-refractivity contribution in [3.63, 3.8) is 0 Å². The van der Waals surface area contributed by atoms with Gasteiger partial charge in [-0.2, -0.15) is 0 Å². The van der Waals surface area contributed by atoms with E-state index in [4.69, 9.17) is 10.8 Å². The van der Waals surface area contributed by atoms with Gasteiger partial charge in [-0.1, -0.05) is 13.8 Å². The number of hydrogen-bond acceptors (Lipinski definition) is 2. The first-order chi connectivity index (χ1) is 4.22. The maximum Gasteiger partial charge on any atom is 0.0212 e. The molecule has 0 fully saturated rings. The topological polar surface area (TPSA) is 47.7 Å². The minimum absolute atomic E-state index is 0.351. The van der Waals surface area contributed by atoms with E-state index >= 15 is 0 Å². The molecule has 0 aliphatic heterocycles. The van der Waals surface area contributed by atoms with Crippen molar-refractivity contribution < 1.29 is 0 Å². The first kappa shape index (κ1) is 8.08. The van der Waals surface area contributed by atoms with Crippen molar-refractivity contribution in [2.75, 3.05) is 0 Å². The van der Waals surface area contributed by atoms with E-state index < -0.39 is 0 Å². The van der Waals surface area contributed by atoms with Crippen LogP contribution in [0.5, 0.6) is 0 Å². The van der Waals surface area contributed by atoms with E-state index in [0.29, 0.717) is 5.92 Å². The van der Waals surface area contributed by atoms with Gasteiger partial charge in [-0.25, -0.2) is 0 Å². The van der Waals surface area contributed by atoms with Gasteiger partial charge in [0.05, 0.1) is 0 Å². The van der Waals surface area contributed by atoms with Gasteiger partial charge in [0.2, 0.25) is 0 Å². The molecule has 0 saturated carbocycles. The van der Waals surface area contributed by atoms with Crippen molar-refractivity contribution in [2.24, 2.45) is 5.92 Å². The lowest BCUT2D eigenvalue weighted by molar-refractivity contribution is 0.807. The third-order valence-corrected chi connectivity index (χ3v) is 1.11. The predicted molar refractivity (Wildman–Crippen MR) is 40.5 cm³/mol. The Hall–Kier alpha value is -0.920. The zero-order chi connectivity index (χ0) is 7.28. The summed E-state index contributed by atoms with van der Waals surface area (Å²) in [6, 6.07) is 0. The molecule has 0 atom stereocenters. The number of nitrogens with one attached hydrogen (secondary N) is 2. The van der Waals surface area contributed by atoms with Crippen LogP contribution < -0.4 is 0 Å². The minimum Gasteiger partial charge on any atom is -0.309 e. The van der Waals surface area contributed by atoms with E-state index in [1.54, 1.807) is 6.08 Å². The fourth-order valence-corrected chi connectivity index (χ4v) is 0.503. The summed E-state index contributed by atoms with van der Waals surface area (Å²) in [5.41, 5.74) is 0.894. The summed E-state index contributed by atoms with van der Waals surface area (Å²) in [7, 11) is 0. The van der Waals surface area contributed by atoms with Gasteiger partial charge in [0.1, 0.15) is 0 Å². The number of hydrogen-bond donors (Lipinski definition) is 2. The normalized spacial score (nSPS) is 11.7. The van der Waals surface area contributed by atoms with Crippen LogP contribution in [0, 0.1) is 16.7 Å². The Bertz CT molecular complexity index is 134. The van der Waals surface area contributed by atoms with Gasteiger partial charge in [-0.3, -0.25) is 0 Å². The maximum absolute atomic E-state index is 6.90. The summed E-state index contributed by atoms with van der Waals surface area (Å²) in [5.74, 6) is 0.351. The maximum atomic E-state index is 6.90. The van der Waals surface area contributed by atoms with Gasteiger partial charge in [-0.15, -0.1) is 0 Å². The quantitative estimate of drug-likeness (QED) is 0.539. The monoisotopic (exact) mass is 124 g/mol. The van der Waals surface area contributed by atoms with Crippen LogP contribution >= 0.6 is 0 Å². The molecule has 2 heteroatoms. The van der Waals surface area contributed by atoms with Crippen molar-refractivity contribution in [3.05, 3.63) is 11.6 Å². The second kappa shape index (κ2) is 4.01. The van der Waals surface area contributed by atoms with Crippen LogP contribution in [0.15, 0.2) is 11.6 Å². The van der Waals surface area contributed by atoms with Gasteiger partial charge >= 0.3 is 0 Å². The summed E-state index contributed by atoms with van der Waals surface area (Å²) in [6.45, 7) is 4.00. The molecule has 0 spiro atoms. The molecular formula is C7H12N2. The molecule has 0 aliphatic carbocycles. The number of rotatable bonds is 3. The molecule has 2 N–H and O–H groups in total. The minimum atomic E-state index is 0.351. The van der Waals surface area contributed by atoms with Crippen molar-refractivity contribution in [1.29, 1.82) is 10.8 Å². The molecule has 0 aromatic heterocycles. The first-order valence-electron chi connectivity index (χ1n) is 2.93. The van der Waals surface area contributed by atoms with Crippen LogP contribution in [-0.2, 0) is 0 Å². The van der Waals surface area contributed by atoms with Crippen LogP contribution in [-0.4, -0.2) is 12.4 Å². The summed E-state index contributed by atoms with van der Waals surface area (Å²) >= 11 is 0. The van der Waals surface area contributed by atoms with E-state index in [1.165, 1.54) is 12.4 Å². The summed E-state index contributed by atoms with van der Waals surface area (Å²) in [5, 5.41) is 13.6. The third-order valence-electron chi connectivity index (χ3n) is 1.11. The first-order valence-corrected chi connectivity index (χ1v) is 2.93. The van der Waals surface area contributed by atoms with E-state index in [9.17, 15) is 0 Å². The highest BCUT2D eigenvalue weighted by atomic mass is 14.3. The molecule has 2 nitrogen and oxygen atoms in total. The lowest BCUT2D eigenvalue weighted by atomic mass is 10.1. The van der Waals surface area contributed by atoms with Crippen LogP contribution in [0.3, 0.4) is 0 Å². The molecule has 50 valence electrons. The zero-order valence-electron chi connectivity index (χ0n) is 5.81. The van der Waals surface area contributed by atoms with Gasteiger partial charge < -0.3 is 10.8 Å². The zero-order valence-corrected chi connectivity index (χ0v) is 5.81. The Morgan fingerprint density at radius 2 is 1.89 bits per heavy atom. The average molecular weight is 124 g/mol. The van der Waals surface area contributed by atoms with Gasteiger partial charge in [0.15, 0.2) is 0 Å². The Morgan fingerprint density at radius 1 is 1.33 bits per heavy atom. The van der Waals surface area contributed by atoms with Crippen LogP contribution in [0.2, 0.25) is 0 Å². The molecular weight excluding hydrogens is 112 g/mol. The molecule has 0 amide bonds. The second-order valence-electron chi connectivity index (χ2n) is 2.13. The lowest BCUT2D eigenvalue weighted by Crippen LogP contribution is -1.94. The van der Waals surface area contributed by atoms with Crippen LogP contribution in [0.4, 0.5) is 0 Å². The highest BCUT2D eigenvalue weighted by Crippen LogP contribution is 2.03. The van der Waals surface area contributed by atoms with Crippen molar-refractivity contribution >= 4 is 12.4 Å². The SMILES string of the molecule is CC(C)/C(C=N)=C/C=N.